The molecule has 28 heavy (non-hydrogen) atoms. The summed E-state index contributed by atoms with van der Waals surface area (Å²) in [5.41, 5.74) is 2.23. The standard InChI is InChI=1S/C21H20Cl2N2O3/c1-28-14-7-5-6-13(12-14)25-16-9-8-15(22)18(23)17(16)19(20(25)21(26)27)24-10-3-2-4-11-24/h5-9,12H,2-4,10-11H2,1H3,(H,26,27). The van der Waals surface area contributed by atoms with Crippen molar-refractivity contribution in [1.82, 2.24) is 4.57 Å². The summed E-state index contributed by atoms with van der Waals surface area (Å²) in [5, 5.41) is 11.6. The number of halogens is 2. The lowest BCUT2D eigenvalue weighted by molar-refractivity contribution is 0.0689. The van der Waals surface area contributed by atoms with Crippen LogP contribution in [0.2, 0.25) is 10.0 Å². The van der Waals surface area contributed by atoms with E-state index >= 15 is 0 Å². The van der Waals surface area contributed by atoms with Crippen LogP contribution in [0.25, 0.3) is 16.6 Å². The molecule has 5 nitrogen and oxygen atoms in total. The summed E-state index contributed by atoms with van der Waals surface area (Å²) < 4.78 is 7.06. The fourth-order valence-electron chi connectivity index (χ4n) is 3.94. The largest absolute Gasteiger partial charge is 0.497 e. The summed E-state index contributed by atoms with van der Waals surface area (Å²) in [7, 11) is 1.58. The Balaban J connectivity index is 2.10. The normalized spacial score (nSPS) is 14.5. The summed E-state index contributed by atoms with van der Waals surface area (Å²) in [6.45, 7) is 1.58. The second-order valence-electron chi connectivity index (χ2n) is 6.84. The number of hydrogen-bond donors (Lipinski definition) is 1. The number of hydrogen-bond acceptors (Lipinski definition) is 3. The molecule has 2 aromatic carbocycles. The number of piperidine rings is 1. The van der Waals surface area contributed by atoms with Gasteiger partial charge in [0.25, 0.3) is 0 Å². The van der Waals surface area contributed by atoms with Crippen LogP contribution in [0.1, 0.15) is 29.8 Å². The molecular weight excluding hydrogens is 399 g/mol. The van der Waals surface area contributed by atoms with Gasteiger partial charge in [-0.1, -0.05) is 29.3 Å². The molecule has 0 spiro atoms. The molecule has 1 N–H and O–H groups in total. The molecule has 7 heteroatoms. The van der Waals surface area contributed by atoms with Gasteiger partial charge >= 0.3 is 5.97 Å². The van der Waals surface area contributed by atoms with Crippen LogP contribution in [0.4, 0.5) is 5.69 Å². The lowest BCUT2D eigenvalue weighted by Crippen LogP contribution is -2.30. The number of carboxylic acid groups (broad SMARTS) is 1. The van der Waals surface area contributed by atoms with Crippen molar-refractivity contribution in [2.24, 2.45) is 0 Å². The third-order valence-electron chi connectivity index (χ3n) is 5.18. The minimum atomic E-state index is -1.01. The number of nitrogens with zero attached hydrogens (tertiary/aromatic N) is 2. The first-order valence-electron chi connectivity index (χ1n) is 9.18. The first kappa shape index (κ1) is 19.0. The third kappa shape index (κ3) is 3.09. The number of carboxylic acids is 1. The van der Waals surface area contributed by atoms with Gasteiger partial charge in [-0.2, -0.15) is 0 Å². The zero-order valence-corrected chi connectivity index (χ0v) is 16.9. The maximum Gasteiger partial charge on any atom is 0.355 e. The Morgan fingerprint density at radius 2 is 1.86 bits per heavy atom. The average molecular weight is 419 g/mol. The van der Waals surface area contributed by atoms with Gasteiger partial charge in [-0.25, -0.2) is 4.79 Å². The third-order valence-corrected chi connectivity index (χ3v) is 5.99. The van der Waals surface area contributed by atoms with Gasteiger partial charge < -0.3 is 19.3 Å². The molecule has 1 aliphatic heterocycles. The van der Waals surface area contributed by atoms with Crippen molar-refractivity contribution in [3.63, 3.8) is 0 Å². The van der Waals surface area contributed by atoms with E-state index in [0.717, 1.165) is 32.4 Å². The molecule has 0 aliphatic carbocycles. The molecule has 1 fully saturated rings. The number of fused-ring (bicyclic) bond motifs is 1. The highest BCUT2D eigenvalue weighted by Gasteiger charge is 2.30. The van der Waals surface area contributed by atoms with Crippen LogP contribution < -0.4 is 9.64 Å². The Morgan fingerprint density at radius 3 is 2.54 bits per heavy atom. The van der Waals surface area contributed by atoms with E-state index in [9.17, 15) is 9.90 Å². The van der Waals surface area contributed by atoms with Gasteiger partial charge in [-0.3, -0.25) is 0 Å². The van der Waals surface area contributed by atoms with E-state index in [0.29, 0.717) is 38.1 Å². The number of anilines is 1. The molecule has 146 valence electrons. The zero-order valence-electron chi connectivity index (χ0n) is 15.4. The van der Waals surface area contributed by atoms with Gasteiger partial charge in [0.2, 0.25) is 0 Å². The van der Waals surface area contributed by atoms with E-state index in [1.54, 1.807) is 17.7 Å². The van der Waals surface area contributed by atoms with Crippen molar-refractivity contribution in [3.05, 3.63) is 52.1 Å². The number of benzene rings is 2. The molecule has 0 atom stereocenters. The maximum absolute atomic E-state index is 12.4. The molecule has 0 amide bonds. The van der Waals surface area contributed by atoms with Gasteiger partial charge in [0.1, 0.15) is 5.75 Å². The van der Waals surface area contributed by atoms with E-state index in [1.807, 2.05) is 30.3 Å². The predicted molar refractivity (Wildman–Crippen MR) is 113 cm³/mol. The van der Waals surface area contributed by atoms with E-state index in [2.05, 4.69) is 4.90 Å². The van der Waals surface area contributed by atoms with Crippen LogP contribution in [0.3, 0.4) is 0 Å². The van der Waals surface area contributed by atoms with Crippen LogP contribution in [-0.2, 0) is 0 Å². The SMILES string of the molecule is COc1cccc(-n2c(C(=O)O)c(N3CCCCC3)c3c(Cl)c(Cl)ccc32)c1. The van der Waals surface area contributed by atoms with Crippen LogP contribution in [0.5, 0.6) is 5.75 Å². The summed E-state index contributed by atoms with van der Waals surface area (Å²) in [6.07, 6.45) is 3.17. The number of aromatic nitrogens is 1. The van der Waals surface area contributed by atoms with Crippen molar-refractivity contribution >= 4 is 45.8 Å². The first-order chi connectivity index (χ1) is 13.5. The highest BCUT2D eigenvalue weighted by atomic mass is 35.5. The van der Waals surface area contributed by atoms with Gasteiger partial charge in [0.15, 0.2) is 5.69 Å². The molecule has 0 unspecified atom stereocenters. The molecule has 0 bridgehead atoms. The fourth-order valence-corrected chi connectivity index (χ4v) is 4.34. The monoisotopic (exact) mass is 418 g/mol. The van der Waals surface area contributed by atoms with Crippen molar-refractivity contribution in [2.45, 2.75) is 19.3 Å². The summed E-state index contributed by atoms with van der Waals surface area (Å²) in [4.78, 5) is 14.5. The van der Waals surface area contributed by atoms with Gasteiger partial charge in [-0.05, 0) is 43.5 Å². The summed E-state index contributed by atoms with van der Waals surface area (Å²) in [6, 6.07) is 10.9. The first-order valence-corrected chi connectivity index (χ1v) is 9.93. The number of carbonyl (C=O) groups is 1. The molecule has 2 heterocycles. The molecule has 1 aromatic heterocycles. The lowest BCUT2D eigenvalue weighted by atomic mass is 10.1. The van der Waals surface area contributed by atoms with E-state index in [1.165, 1.54) is 0 Å². The number of rotatable bonds is 4. The lowest BCUT2D eigenvalue weighted by Gasteiger charge is -2.29. The number of ether oxygens (including phenoxy) is 1. The molecule has 0 saturated carbocycles. The molecular formula is C21H20Cl2N2O3. The topological polar surface area (TPSA) is 54.7 Å². The summed E-state index contributed by atoms with van der Waals surface area (Å²) >= 11 is 12.9. The van der Waals surface area contributed by atoms with Gasteiger partial charge in [0, 0.05) is 24.5 Å². The van der Waals surface area contributed by atoms with Crippen molar-refractivity contribution in [1.29, 1.82) is 0 Å². The molecule has 1 aliphatic rings. The van der Waals surface area contributed by atoms with Gasteiger partial charge in [-0.15, -0.1) is 0 Å². The van der Waals surface area contributed by atoms with E-state index < -0.39 is 5.97 Å². The maximum atomic E-state index is 12.4. The fraction of sp³-hybridized carbons (Fsp3) is 0.286. The van der Waals surface area contributed by atoms with E-state index in [-0.39, 0.29) is 5.69 Å². The average Bonchev–Trinajstić information content (AvgIpc) is 3.07. The van der Waals surface area contributed by atoms with E-state index in [4.69, 9.17) is 27.9 Å². The number of aromatic carboxylic acids is 1. The Bertz CT molecular complexity index is 1060. The molecule has 4 rings (SSSR count). The Hall–Kier alpha value is -2.37. The van der Waals surface area contributed by atoms with Crippen LogP contribution in [0.15, 0.2) is 36.4 Å². The Kier molecular flexibility index (Phi) is 5.13. The van der Waals surface area contributed by atoms with Crippen molar-refractivity contribution in [2.75, 3.05) is 25.1 Å². The molecule has 0 radical (unpaired) electrons. The second-order valence-corrected chi connectivity index (χ2v) is 7.63. The second kappa shape index (κ2) is 7.57. The smallest absolute Gasteiger partial charge is 0.355 e. The zero-order chi connectivity index (χ0) is 19.8. The highest BCUT2D eigenvalue weighted by molar-refractivity contribution is 6.46. The Labute approximate surface area is 173 Å². The van der Waals surface area contributed by atoms with Crippen LogP contribution in [-0.4, -0.2) is 35.8 Å². The number of methoxy groups -OCH3 is 1. The van der Waals surface area contributed by atoms with Crippen molar-refractivity contribution in [3.8, 4) is 11.4 Å². The predicted octanol–water partition coefficient (Wildman–Crippen LogP) is 5.63. The van der Waals surface area contributed by atoms with Gasteiger partial charge in [0.05, 0.1) is 34.0 Å². The molecule has 3 aromatic rings. The highest BCUT2D eigenvalue weighted by Crippen LogP contribution is 2.44. The summed E-state index contributed by atoms with van der Waals surface area (Å²) in [5.74, 6) is -0.359. The minimum Gasteiger partial charge on any atom is -0.497 e. The quantitative estimate of drug-likeness (QED) is 0.595. The molecule has 1 saturated heterocycles. The van der Waals surface area contributed by atoms with Crippen LogP contribution >= 0.6 is 23.2 Å². The Morgan fingerprint density at radius 1 is 1.11 bits per heavy atom. The van der Waals surface area contributed by atoms with Crippen molar-refractivity contribution < 1.29 is 14.6 Å². The minimum absolute atomic E-state index is 0.189. The van der Waals surface area contributed by atoms with Crippen LogP contribution in [0, 0.1) is 0 Å².